The highest BCUT2D eigenvalue weighted by atomic mass is 79.9. The average Bonchev–Trinajstić information content (AvgIpc) is 2.72. The highest BCUT2D eigenvalue weighted by Gasteiger charge is 2.03. The maximum absolute atomic E-state index is 3.54. The van der Waals surface area contributed by atoms with Crippen molar-refractivity contribution < 1.29 is 0 Å². The lowest BCUT2D eigenvalue weighted by molar-refractivity contribution is 1.16. The summed E-state index contributed by atoms with van der Waals surface area (Å²) in [6, 6.07) is 10.5. The van der Waals surface area contributed by atoms with Gasteiger partial charge >= 0.3 is 0 Å². The van der Waals surface area contributed by atoms with Crippen molar-refractivity contribution in [3.8, 4) is 0 Å². The first-order chi connectivity index (χ1) is 7.81. The number of hydrogen-bond donors (Lipinski definition) is 1. The van der Waals surface area contributed by atoms with Crippen molar-refractivity contribution in [2.45, 2.75) is 11.4 Å². The van der Waals surface area contributed by atoms with Crippen molar-refractivity contribution in [3.05, 3.63) is 45.1 Å². The van der Waals surface area contributed by atoms with Gasteiger partial charge in [0.05, 0.1) is 6.54 Å². The molecule has 1 aromatic carbocycles. The van der Waals surface area contributed by atoms with E-state index >= 15 is 0 Å². The summed E-state index contributed by atoms with van der Waals surface area (Å²) in [5, 5.41) is 5.57. The Morgan fingerprint density at radius 2 is 2.12 bits per heavy atom. The van der Waals surface area contributed by atoms with Crippen LogP contribution >= 0.6 is 39.0 Å². The minimum Gasteiger partial charge on any atom is -0.379 e. The summed E-state index contributed by atoms with van der Waals surface area (Å²) in [4.78, 5) is 2.62. The van der Waals surface area contributed by atoms with Crippen LogP contribution in [0, 0.1) is 0 Å². The Balaban J connectivity index is 2.07. The number of halogens is 1. The van der Waals surface area contributed by atoms with E-state index in [1.807, 2.05) is 0 Å². The molecule has 1 N–H and O–H groups in total. The number of anilines is 1. The zero-order chi connectivity index (χ0) is 11.4. The van der Waals surface area contributed by atoms with Gasteiger partial charge in [-0.25, -0.2) is 0 Å². The molecule has 0 saturated heterocycles. The van der Waals surface area contributed by atoms with Gasteiger partial charge in [-0.3, -0.25) is 0 Å². The Kier molecular flexibility index (Phi) is 4.32. The molecule has 0 fully saturated rings. The molecule has 0 radical (unpaired) electrons. The summed E-state index contributed by atoms with van der Waals surface area (Å²) in [5.74, 6) is 0. The molecule has 2 aromatic rings. The van der Waals surface area contributed by atoms with Gasteiger partial charge in [-0.2, -0.15) is 0 Å². The first-order valence-electron chi connectivity index (χ1n) is 4.90. The molecule has 0 bridgehead atoms. The minimum atomic E-state index is 0.871. The third kappa shape index (κ3) is 2.81. The molecule has 0 spiro atoms. The van der Waals surface area contributed by atoms with Crippen LogP contribution in [0.1, 0.15) is 4.88 Å². The van der Waals surface area contributed by atoms with Crippen molar-refractivity contribution in [1.82, 2.24) is 0 Å². The summed E-state index contributed by atoms with van der Waals surface area (Å²) in [6.45, 7) is 0.871. The maximum atomic E-state index is 3.54. The Hall–Kier alpha value is -0.450. The molecule has 4 heteroatoms. The molecule has 0 unspecified atom stereocenters. The summed E-state index contributed by atoms with van der Waals surface area (Å²) in [7, 11) is 0. The molecule has 0 amide bonds. The number of rotatable bonds is 4. The third-order valence-corrected chi connectivity index (χ3v) is 4.96. The molecule has 1 aromatic heterocycles. The molecule has 0 aliphatic rings. The fourth-order valence-electron chi connectivity index (χ4n) is 1.42. The van der Waals surface area contributed by atoms with Gasteiger partial charge in [-0.1, -0.05) is 12.1 Å². The third-order valence-electron chi connectivity index (χ3n) is 2.24. The van der Waals surface area contributed by atoms with E-state index in [4.69, 9.17) is 0 Å². The SMILES string of the molecule is CSc1ccccc1NCc1sccc1Br. The Labute approximate surface area is 112 Å². The first-order valence-corrected chi connectivity index (χ1v) is 7.80. The van der Waals surface area contributed by atoms with Gasteiger partial charge in [0.1, 0.15) is 0 Å². The minimum absolute atomic E-state index is 0.871. The van der Waals surface area contributed by atoms with E-state index in [9.17, 15) is 0 Å². The lowest BCUT2D eigenvalue weighted by Gasteiger charge is -2.09. The zero-order valence-electron chi connectivity index (χ0n) is 8.87. The predicted molar refractivity (Wildman–Crippen MR) is 77.6 cm³/mol. The molecule has 0 aliphatic carbocycles. The standard InChI is InChI=1S/C12H12BrNS2/c1-15-11-5-3-2-4-10(11)14-8-12-9(13)6-7-16-12/h2-7,14H,8H2,1H3. The van der Waals surface area contributed by atoms with Crippen LogP contribution in [0.4, 0.5) is 5.69 Å². The summed E-state index contributed by atoms with van der Waals surface area (Å²) in [6.07, 6.45) is 2.10. The molecule has 0 saturated carbocycles. The van der Waals surface area contributed by atoms with Crippen molar-refractivity contribution >= 4 is 44.7 Å². The number of benzene rings is 1. The van der Waals surface area contributed by atoms with Crippen LogP contribution < -0.4 is 5.32 Å². The molecule has 0 aliphatic heterocycles. The van der Waals surface area contributed by atoms with Crippen molar-refractivity contribution in [2.75, 3.05) is 11.6 Å². The monoisotopic (exact) mass is 313 g/mol. The number of para-hydroxylation sites is 1. The van der Waals surface area contributed by atoms with E-state index < -0.39 is 0 Å². The van der Waals surface area contributed by atoms with E-state index in [0.717, 1.165) is 6.54 Å². The van der Waals surface area contributed by atoms with E-state index in [1.54, 1.807) is 23.1 Å². The van der Waals surface area contributed by atoms with E-state index in [2.05, 4.69) is 63.2 Å². The van der Waals surface area contributed by atoms with Gasteiger partial charge < -0.3 is 5.32 Å². The fourth-order valence-corrected chi connectivity index (χ4v) is 3.42. The van der Waals surface area contributed by atoms with Crippen LogP contribution in [-0.2, 0) is 6.54 Å². The lowest BCUT2D eigenvalue weighted by atomic mass is 10.3. The normalized spacial score (nSPS) is 10.4. The lowest BCUT2D eigenvalue weighted by Crippen LogP contribution is -1.98. The molecule has 2 rings (SSSR count). The van der Waals surface area contributed by atoms with E-state index in [1.165, 1.54) is 19.9 Å². The van der Waals surface area contributed by atoms with Crippen LogP contribution in [0.3, 0.4) is 0 Å². The van der Waals surface area contributed by atoms with Crippen LogP contribution in [0.25, 0.3) is 0 Å². The zero-order valence-corrected chi connectivity index (χ0v) is 12.1. The van der Waals surface area contributed by atoms with Crippen LogP contribution in [0.5, 0.6) is 0 Å². The molecular formula is C12H12BrNS2. The summed E-state index contributed by atoms with van der Waals surface area (Å²) >= 11 is 7.07. The molecule has 1 nitrogen and oxygen atoms in total. The second-order valence-corrected chi connectivity index (χ2v) is 5.95. The highest BCUT2D eigenvalue weighted by molar-refractivity contribution is 9.10. The van der Waals surface area contributed by atoms with Crippen LogP contribution in [0.15, 0.2) is 45.1 Å². The van der Waals surface area contributed by atoms with Crippen LogP contribution in [0.2, 0.25) is 0 Å². The number of thiophene rings is 1. The van der Waals surface area contributed by atoms with Gasteiger partial charge in [0.2, 0.25) is 0 Å². The molecule has 16 heavy (non-hydrogen) atoms. The van der Waals surface area contributed by atoms with Gasteiger partial charge in [0.25, 0.3) is 0 Å². The van der Waals surface area contributed by atoms with E-state index in [-0.39, 0.29) is 0 Å². The molecular weight excluding hydrogens is 302 g/mol. The first kappa shape index (κ1) is 12.0. The van der Waals surface area contributed by atoms with Crippen LogP contribution in [-0.4, -0.2) is 6.26 Å². The maximum Gasteiger partial charge on any atom is 0.0505 e. The van der Waals surface area contributed by atoms with Gasteiger partial charge in [-0.15, -0.1) is 23.1 Å². The smallest absolute Gasteiger partial charge is 0.0505 e. The number of hydrogen-bond acceptors (Lipinski definition) is 3. The second-order valence-electron chi connectivity index (χ2n) is 3.25. The second kappa shape index (κ2) is 5.75. The topological polar surface area (TPSA) is 12.0 Å². The van der Waals surface area contributed by atoms with Gasteiger partial charge in [0, 0.05) is 19.9 Å². The summed E-state index contributed by atoms with van der Waals surface area (Å²) in [5.41, 5.74) is 1.20. The molecule has 84 valence electrons. The van der Waals surface area contributed by atoms with E-state index in [0.29, 0.717) is 0 Å². The molecule has 1 heterocycles. The highest BCUT2D eigenvalue weighted by Crippen LogP contribution is 2.27. The molecule has 0 atom stereocenters. The fraction of sp³-hybridized carbons (Fsp3) is 0.167. The van der Waals surface area contributed by atoms with Gasteiger partial charge in [-0.05, 0) is 45.8 Å². The van der Waals surface area contributed by atoms with Crippen molar-refractivity contribution in [3.63, 3.8) is 0 Å². The Morgan fingerprint density at radius 1 is 1.31 bits per heavy atom. The quantitative estimate of drug-likeness (QED) is 0.810. The van der Waals surface area contributed by atoms with Gasteiger partial charge in [0.15, 0.2) is 0 Å². The Bertz CT molecular complexity index is 468. The number of nitrogens with one attached hydrogen (secondary N) is 1. The summed E-state index contributed by atoms with van der Waals surface area (Å²) < 4.78 is 1.19. The predicted octanol–water partition coefficient (Wildman–Crippen LogP) is 4.84. The Morgan fingerprint density at radius 3 is 2.81 bits per heavy atom. The van der Waals surface area contributed by atoms with Crippen molar-refractivity contribution in [2.24, 2.45) is 0 Å². The van der Waals surface area contributed by atoms with Crippen molar-refractivity contribution in [1.29, 1.82) is 0 Å². The largest absolute Gasteiger partial charge is 0.379 e. The average molecular weight is 314 g/mol. The number of thioether (sulfide) groups is 1.